The van der Waals surface area contributed by atoms with E-state index >= 15 is 0 Å². The maximum absolute atomic E-state index is 10.4. The number of nitriles is 1. The van der Waals surface area contributed by atoms with Crippen LogP contribution in [-0.2, 0) is 0 Å². The first-order valence-corrected chi connectivity index (χ1v) is 3.38. The number of rotatable bonds is 1. The molecule has 0 spiro atoms. The fraction of sp³-hybridized carbons (Fsp3) is 0.111. The number of aldehydes is 1. The summed E-state index contributed by atoms with van der Waals surface area (Å²) >= 11 is 0. The van der Waals surface area contributed by atoms with Crippen molar-refractivity contribution in [3.63, 3.8) is 0 Å². The second-order valence-electron chi connectivity index (χ2n) is 2.42. The zero-order valence-corrected chi connectivity index (χ0v) is 6.53. The molecule has 0 saturated heterocycles. The predicted molar refractivity (Wildman–Crippen MR) is 42.9 cm³/mol. The van der Waals surface area contributed by atoms with E-state index in [1.165, 1.54) is 6.07 Å². The lowest BCUT2D eigenvalue weighted by Gasteiger charge is -2.01. The van der Waals surface area contributed by atoms with Crippen molar-refractivity contribution in [2.24, 2.45) is 0 Å². The molecule has 12 heavy (non-hydrogen) atoms. The van der Waals surface area contributed by atoms with E-state index in [1.54, 1.807) is 13.0 Å². The van der Waals surface area contributed by atoms with Gasteiger partial charge in [0.1, 0.15) is 11.8 Å². The standard InChI is InChI=1S/C9H7NO2/c1-6-2-3-9(12)8(5-11)7(6)4-10/h2-3,5,12H,1H3. The van der Waals surface area contributed by atoms with Gasteiger partial charge in [-0.2, -0.15) is 5.26 Å². The number of phenols is 1. The summed E-state index contributed by atoms with van der Waals surface area (Å²) in [5, 5.41) is 17.8. The summed E-state index contributed by atoms with van der Waals surface area (Å²) in [6.07, 6.45) is 0.487. The van der Waals surface area contributed by atoms with Gasteiger partial charge < -0.3 is 5.11 Å². The first kappa shape index (κ1) is 8.28. The molecule has 3 nitrogen and oxygen atoms in total. The third kappa shape index (κ3) is 1.15. The Kier molecular flexibility index (Phi) is 2.11. The van der Waals surface area contributed by atoms with Crippen LogP contribution in [0.4, 0.5) is 0 Å². The number of phenolic OH excluding ortho intramolecular Hbond substituents is 1. The zero-order chi connectivity index (χ0) is 9.14. The Hall–Kier alpha value is -1.82. The van der Waals surface area contributed by atoms with Crippen molar-refractivity contribution < 1.29 is 9.90 Å². The molecule has 0 unspecified atom stereocenters. The maximum atomic E-state index is 10.4. The van der Waals surface area contributed by atoms with E-state index in [9.17, 15) is 4.79 Å². The highest BCUT2D eigenvalue weighted by atomic mass is 16.3. The smallest absolute Gasteiger partial charge is 0.155 e. The van der Waals surface area contributed by atoms with E-state index in [1.807, 2.05) is 6.07 Å². The van der Waals surface area contributed by atoms with E-state index < -0.39 is 0 Å². The molecule has 0 fully saturated rings. The molecule has 0 aliphatic heterocycles. The van der Waals surface area contributed by atoms with Crippen LogP contribution in [0.25, 0.3) is 0 Å². The third-order valence-corrected chi connectivity index (χ3v) is 1.66. The highest BCUT2D eigenvalue weighted by Gasteiger charge is 2.08. The van der Waals surface area contributed by atoms with Gasteiger partial charge in [0, 0.05) is 0 Å². The summed E-state index contributed by atoms with van der Waals surface area (Å²) in [5.74, 6) is -0.146. The molecule has 0 aliphatic carbocycles. The molecule has 0 heterocycles. The van der Waals surface area contributed by atoms with E-state index in [0.29, 0.717) is 11.8 Å². The molecule has 3 heteroatoms. The number of carbonyl (C=O) groups is 1. The fourth-order valence-electron chi connectivity index (χ4n) is 0.985. The monoisotopic (exact) mass is 161 g/mol. The first-order chi connectivity index (χ1) is 5.70. The zero-order valence-electron chi connectivity index (χ0n) is 6.53. The number of hydrogen-bond donors (Lipinski definition) is 1. The second-order valence-corrected chi connectivity index (χ2v) is 2.42. The molecule has 0 aliphatic rings. The van der Waals surface area contributed by atoms with Crippen LogP contribution in [0.15, 0.2) is 12.1 Å². The predicted octanol–water partition coefficient (Wildman–Crippen LogP) is 1.38. The minimum atomic E-state index is -0.146. The van der Waals surface area contributed by atoms with Crippen LogP contribution < -0.4 is 0 Å². The van der Waals surface area contributed by atoms with Crippen LogP contribution in [0.3, 0.4) is 0 Å². The van der Waals surface area contributed by atoms with Gasteiger partial charge in [0.15, 0.2) is 6.29 Å². The minimum absolute atomic E-state index is 0.0671. The van der Waals surface area contributed by atoms with E-state index in [-0.39, 0.29) is 16.9 Å². The summed E-state index contributed by atoms with van der Waals surface area (Å²) in [6, 6.07) is 4.87. The van der Waals surface area contributed by atoms with Gasteiger partial charge in [-0.05, 0) is 18.6 Å². The highest BCUT2D eigenvalue weighted by molar-refractivity contribution is 5.83. The summed E-state index contributed by atoms with van der Waals surface area (Å²) in [7, 11) is 0. The van der Waals surface area contributed by atoms with Crippen molar-refractivity contribution in [2.75, 3.05) is 0 Å². The molecule has 1 rings (SSSR count). The van der Waals surface area contributed by atoms with Crippen molar-refractivity contribution in [1.82, 2.24) is 0 Å². The van der Waals surface area contributed by atoms with Gasteiger partial charge in [-0.25, -0.2) is 0 Å². The number of aromatic hydroxyl groups is 1. The molecule has 0 amide bonds. The quantitative estimate of drug-likeness (QED) is 0.633. The highest BCUT2D eigenvalue weighted by Crippen LogP contribution is 2.21. The Morgan fingerprint density at radius 1 is 1.58 bits per heavy atom. The Morgan fingerprint density at radius 2 is 2.25 bits per heavy atom. The van der Waals surface area contributed by atoms with Crippen molar-refractivity contribution >= 4 is 6.29 Å². The largest absolute Gasteiger partial charge is 0.507 e. The molecule has 1 aromatic rings. The summed E-state index contributed by atoms with van der Waals surface area (Å²) in [5.41, 5.74) is 1.000. The van der Waals surface area contributed by atoms with Crippen LogP contribution in [-0.4, -0.2) is 11.4 Å². The van der Waals surface area contributed by atoms with E-state index in [2.05, 4.69) is 0 Å². The Bertz CT molecular complexity index is 364. The van der Waals surface area contributed by atoms with Crippen LogP contribution in [0.1, 0.15) is 21.5 Å². The molecule has 1 aromatic carbocycles. The summed E-state index contributed by atoms with van der Waals surface area (Å²) in [6.45, 7) is 1.71. The Morgan fingerprint density at radius 3 is 2.67 bits per heavy atom. The molecular formula is C9H7NO2. The molecule has 0 bridgehead atoms. The van der Waals surface area contributed by atoms with Crippen LogP contribution >= 0.6 is 0 Å². The lowest BCUT2D eigenvalue weighted by atomic mass is 10.0. The van der Waals surface area contributed by atoms with Gasteiger partial charge in [0.25, 0.3) is 0 Å². The average Bonchev–Trinajstić information content (AvgIpc) is 2.08. The van der Waals surface area contributed by atoms with Gasteiger partial charge in [0.2, 0.25) is 0 Å². The topological polar surface area (TPSA) is 61.1 Å². The molecule has 0 atom stereocenters. The average molecular weight is 161 g/mol. The third-order valence-electron chi connectivity index (χ3n) is 1.66. The molecule has 1 N–H and O–H groups in total. The molecule has 0 saturated carbocycles. The molecule has 0 aromatic heterocycles. The number of benzene rings is 1. The SMILES string of the molecule is Cc1ccc(O)c(C=O)c1C#N. The van der Waals surface area contributed by atoms with Crippen molar-refractivity contribution in [1.29, 1.82) is 5.26 Å². The van der Waals surface area contributed by atoms with Gasteiger partial charge in [-0.15, -0.1) is 0 Å². The summed E-state index contributed by atoms with van der Waals surface area (Å²) in [4.78, 5) is 10.4. The van der Waals surface area contributed by atoms with E-state index in [0.717, 1.165) is 0 Å². The van der Waals surface area contributed by atoms with Crippen LogP contribution in [0.2, 0.25) is 0 Å². The molecular weight excluding hydrogens is 154 g/mol. The Labute approximate surface area is 69.9 Å². The number of hydrogen-bond acceptors (Lipinski definition) is 3. The molecule has 60 valence electrons. The van der Waals surface area contributed by atoms with Gasteiger partial charge in [-0.3, -0.25) is 4.79 Å². The normalized spacial score (nSPS) is 9.00. The minimum Gasteiger partial charge on any atom is -0.507 e. The fourth-order valence-corrected chi connectivity index (χ4v) is 0.985. The number of aryl methyl sites for hydroxylation is 1. The molecule has 0 radical (unpaired) electrons. The second kappa shape index (κ2) is 3.05. The van der Waals surface area contributed by atoms with Gasteiger partial charge in [-0.1, -0.05) is 6.07 Å². The van der Waals surface area contributed by atoms with Crippen molar-refractivity contribution in [3.05, 3.63) is 28.8 Å². The maximum Gasteiger partial charge on any atom is 0.155 e. The lowest BCUT2D eigenvalue weighted by molar-refractivity contribution is 0.112. The van der Waals surface area contributed by atoms with Gasteiger partial charge >= 0.3 is 0 Å². The summed E-state index contributed by atoms with van der Waals surface area (Å²) < 4.78 is 0. The van der Waals surface area contributed by atoms with Gasteiger partial charge in [0.05, 0.1) is 11.1 Å². The van der Waals surface area contributed by atoms with Crippen LogP contribution in [0, 0.1) is 18.3 Å². The van der Waals surface area contributed by atoms with Crippen molar-refractivity contribution in [3.8, 4) is 11.8 Å². The number of carbonyl (C=O) groups excluding carboxylic acids is 1. The Balaban J connectivity index is 3.52. The first-order valence-electron chi connectivity index (χ1n) is 3.38. The number of nitrogens with zero attached hydrogens (tertiary/aromatic N) is 1. The lowest BCUT2D eigenvalue weighted by Crippen LogP contribution is -1.91. The van der Waals surface area contributed by atoms with E-state index in [4.69, 9.17) is 10.4 Å². The van der Waals surface area contributed by atoms with Crippen molar-refractivity contribution in [2.45, 2.75) is 6.92 Å². The van der Waals surface area contributed by atoms with Crippen LogP contribution in [0.5, 0.6) is 5.75 Å².